The third-order valence-corrected chi connectivity index (χ3v) is 5.17. The Morgan fingerprint density at radius 3 is 2.62 bits per heavy atom. The number of amides is 1. The predicted molar refractivity (Wildman–Crippen MR) is 123 cm³/mol. The van der Waals surface area contributed by atoms with Crippen LogP contribution in [0.1, 0.15) is 47.1 Å². The SMILES string of the molecule is Cc1cc(C)c(CNC(=O)c2cc(Nc3ccncc3)nc3c2cnn3C(C)C)c(=O)[nH]1. The summed E-state index contributed by atoms with van der Waals surface area (Å²) in [6, 6.07) is 7.28. The number of nitrogens with zero attached hydrogens (tertiary/aromatic N) is 4. The summed E-state index contributed by atoms with van der Waals surface area (Å²) in [5.74, 6) is 0.207. The first-order chi connectivity index (χ1) is 15.3. The molecule has 9 nitrogen and oxygen atoms in total. The van der Waals surface area contributed by atoms with Crippen LogP contribution in [-0.4, -0.2) is 30.6 Å². The van der Waals surface area contributed by atoms with E-state index in [2.05, 4.69) is 30.7 Å². The summed E-state index contributed by atoms with van der Waals surface area (Å²) in [4.78, 5) is 37.0. The smallest absolute Gasteiger partial charge is 0.253 e. The van der Waals surface area contributed by atoms with E-state index in [1.807, 2.05) is 45.9 Å². The number of nitrogens with one attached hydrogen (secondary N) is 3. The number of fused-ring (bicyclic) bond motifs is 1. The maximum Gasteiger partial charge on any atom is 0.253 e. The Balaban J connectivity index is 1.70. The first kappa shape index (κ1) is 21.2. The van der Waals surface area contributed by atoms with Gasteiger partial charge < -0.3 is 15.6 Å². The second kappa shape index (κ2) is 8.62. The fraction of sp³-hybridized carbons (Fsp3) is 0.261. The van der Waals surface area contributed by atoms with E-state index >= 15 is 0 Å². The zero-order valence-electron chi connectivity index (χ0n) is 18.4. The molecule has 0 atom stereocenters. The van der Waals surface area contributed by atoms with Crippen LogP contribution in [0.15, 0.2) is 47.7 Å². The second-order valence-electron chi connectivity index (χ2n) is 7.96. The van der Waals surface area contributed by atoms with E-state index in [1.165, 1.54) is 0 Å². The average molecular weight is 432 g/mol. The molecule has 32 heavy (non-hydrogen) atoms. The molecule has 4 rings (SSSR count). The molecule has 3 N–H and O–H groups in total. The lowest BCUT2D eigenvalue weighted by Crippen LogP contribution is -2.28. The fourth-order valence-electron chi connectivity index (χ4n) is 3.60. The molecule has 164 valence electrons. The van der Waals surface area contributed by atoms with Crippen molar-refractivity contribution in [3.05, 3.63) is 75.6 Å². The van der Waals surface area contributed by atoms with Gasteiger partial charge in [-0.1, -0.05) is 0 Å². The number of H-pyrrole nitrogens is 1. The van der Waals surface area contributed by atoms with Crippen molar-refractivity contribution in [2.75, 3.05) is 5.32 Å². The molecule has 0 radical (unpaired) electrons. The van der Waals surface area contributed by atoms with Gasteiger partial charge in [-0.25, -0.2) is 9.67 Å². The molecule has 0 saturated heterocycles. The van der Waals surface area contributed by atoms with Gasteiger partial charge in [0.15, 0.2) is 5.65 Å². The van der Waals surface area contributed by atoms with Gasteiger partial charge in [-0.3, -0.25) is 14.6 Å². The lowest BCUT2D eigenvalue weighted by molar-refractivity contribution is 0.0952. The van der Waals surface area contributed by atoms with Gasteiger partial charge in [0, 0.05) is 41.9 Å². The van der Waals surface area contributed by atoms with Crippen LogP contribution in [0, 0.1) is 13.8 Å². The molecule has 9 heteroatoms. The normalized spacial score (nSPS) is 11.2. The highest BCUT2D eigenvalue weighted by Crippen LogP contribution is 2.25. The van der Waals surface area contributed by atoms with E-state index in [-0.39, 0.29) is 24.1 Å². The standard InChI is InChI=1S/C23H25N7O2/c1-13(2)30-21-19(12-26-30)17(10-20(29-21)28-16-5-7-24-8-6-16)22(31)25-11-18-14(3)9-15(4)27-23(18)32/h5-10,12-13H,11H2,1-4H3,(H,25,31)(H,27,32)(H,24,28,29). The summed E-state index contributed by atoms with van der Waals surface area (Å²) < 4.78 is 1.78. The Kier molecular flexibility index (Phi) is 5.72. The van der Waals surface area contributed by atoms with Gasteiger partial charge in [-0.05, 0) is 57.5 Å². The molecule has 0 spiro atoms. The van der Waals surface area contributed by atoms with Crippen molar-refractivity contribution in [3.63, 3.8) is 0 Å². The maximum atomic E-state index is 13.2. The second-order valence-corrected chi connectivity index (χ2v) is 7.96. The van der Waals surface area contributed by atoms with Crippen LogP contribution in [0.2, 0.25) is 0 Å². The van der Waals surface area contributed by atoms with E-state index in [4.69, 9.17) is 0 Å². The van der Waals surface area contributed by atoms with Crippen LogP contribution in [0.4, 0.5) is 11.5 Å². The molecule has 4 aromatic heterocycles. The number of hydrogen-bond acceptors (Lipinski definition) is 6. The van der Waals surface area contributed by atoms with Gasteiger partial charge in [-0.2, -0.15) is 5.10 Å². The lowest BCUT2D eigenvalue weighted by Gasteiger charge is -2.12. The Hall–Kier alpha value is -4.01. The molecule has 0 aliphatic rings. The minimum atomic E-state index is -0.308. The number of anilines is 2. The van der Waals surface area contributed by atoms with Gasteiger partial charge in [0.05, 0.1) is 17.1 Å². The summed E-state index contributed by atoms with van der Waals surface area (Å²) in [7, 11) is 0. The number of aryl methyl sites for hydroxylation is 2. The van der Waals surface area contributed by atoms with Crippen LogP contribution < -0.4 is 16.2 Å². The van der Waals surface area contributed by atoms with E-state index < -0.39 is 0 Å². The number of hydrogen-bond donors (Lipinski definition) is 3. The number of rotatable bonds is 6. The molecule has 0 unspecified atom stereocenters. The van der Waals surface area contributed by atoms with E-state index in [0.717, 1.165) is 16.9 Å². The molecule has 0 bridgehead atoms. The number of carbonyl (C=O) groups is 1. The van der Waals surface area contributed by atoms with Crippen LogP contribution in [0.25, 0.3) is 11.0 Å². The summed E-state index contributed by atoms with van der Waals surface area (Å²) in [6.07, 6.45) is 5.00. The Morgan fingerprint density at radius 2 is 1.94 bits per heavy atom. The minimum Gasteiger partial charge on any atom is -0.348 e. The van der Waals surface area contributed by atoms with Crippen molar-refractivity contribution < 1.29 is 4.79 Å². The van der Waals surface area contributed by atoms with Gasteiger partial charge in [0.2, 0.25) is 0 Å². The molecule has 0 aliphatic heterocycles. The highest BCUT2D eigenvalue weighted by Gasteiger charge is 2.18. The van der Waals surface area contributed by atoms with Crippen LogP contribution in [0.5, 0.6) is 0 Å². The Labute approximate surface area is 184 Å². The lowest BCUT2D eigenvalue weighted by atomic mass is 10.1. The molecule has 0 aliphatic carbocycles. The summed E-state index contributed by atoms with van der Waals surface area (Å²) in [6.45, 7) is 7.81. The highest BCUT2D eigenvalue weighted by molar-refractivity contribution is 6.06. The molecular formula is C23H25N7O2. The number of carbonyl (C=O) groups excluding carboxylic acids is 1. The number of aromatic amines is 1. The third kappa shape index (κ3) is 4.22. The zero-order chi connectivity index (χ0) is 22.8. The predicted octanol–water partition coefficient (Wildman–Crippen LogP) is 3.39. The van der Waals surface area contributed by atoms with Crippen LogP contribution in [-0.2, 0) is 6.54 Å². The molecule has 0 fully saturated rings. The first-order valence-corrected chi connectivity index (χ1v) is 10.4. The number of pyridine rings is 3. The zero-order valence-corrected chi connectivity index (χ0v) is 18.4. The van der Waals surface area contributed by atoms with Gasteiger partial charge in [-0.15, -0.1) is 0 Å². The van der Waals surface area contributed by atoms with E-state index in [0.29, 0.717) is 28.0 Å². The van der Waals surface area contributed by atoms with E-state index in [9.17, 15) is 9.59 Å². The van der Waals surface area contributed by atoms with Crippen molar-refractivity contribution >= 4 is 28.4 Å². The Bertz CT molecular complexity index is 1340. The van der Waals surface area contributed by atoms with Crippen molar-refractivity contribution in [2.24, 2.45) is 0 Å². The van der Waals surface area contributed by atoms with Gasteiger partial charge >= 0.3 is 0 Å². The highest BCUT2D eigenvalue weighted by atomic mass is 16.1. The molecule has 4 aromatic rings. The summed E-state index contributed by atoms with van der Waals surface area (Å²) in [5, 5.41) is 11.2. The van der Waals surface area contributed by atoms with Gasteiger partial charge in [0.1, 0.15) is 5.82 Å². The maximum absolute atomic E-state index is 13.2. The van der Waals surface area contributed by atoms with Crippen molar-refractivity contribution in [1.82, 2.24) is 30.0 Å². The van der Waals surface area contributed by atoms with Crippen LogP contribution in [0.3, 0.4) is 0 Å². The first-order valence-electron chi connectivity index (χ1n) is 10.4. The molecule has 0 aromatic carbocycles. The molecular weight excluding hydrogens is 406 g/mol. The summed E-state index contributed by atoms with van der Waals surface area (Å²) >= 11 is 0. The largest absolute Gasteiger partial charge is 0.348 e. The topological polar surface area (TPSA) is 118 Å². The van der Waals surface area contributed by atoms with E-state index in [1.54, 1.807) is 29.3 Å². The Morgan fingerprint density at radius 1 is 1.19 bits per heavy atom. The molecule has 0 saturated carbocycles. The number of aromatic nitrogens is 5. The molecule has 4 heterocycles. The average Bonchev–Trinajstić information content (AvgIpc) is 3.17. The van der Waals surface area contributed by atoms with Crippen molar-refractivity contribution in [1.29, 1.82) is 0 Å². The minimum absolute atomic E-state index is 0.0702. The van der Waals surface area contributed by atoms with Gasteiger partial charge in [0.25, 0.3) is 11.5 Å². The monoisotopic (exact) mass is 431 g/mol. The van der Waals surface area contributed by atoms with Crippen molar-refractivity contribution in [3.8, 4) is 0 Å². The fourth-order valence-corrected chi connectivity index (χ4v) is 3.60. The third-order valence-electron chi connectivity index (χ3n) is 5.17. The van der Waals surface area contributed by atoms with Crippen molar-refractivity contribution in [2.45, 2.75) is 40.3 Å². The van der Waals surface area contributed by atoms with Crippen LogP contribution >= 0.6 is 0 Å². The molecule has 1 amide bonds. The quantitative estimate of drug-likeness (QED) is 0.431. The summed E-state index contributed by atoms with van der Waals surface area (Å²) in [5.41, 5.74) is 3.78.